The van der Waals surface area contributed by atoms with Crippen molar-refractivity contribution in [1.29, 1.82) is 0 Å². The minimum Gasteiger partial charge on any atom is -0.508 e. The van der Waals surface area contributed by atoms with Crippen molar-refractivity contribution in [2.75, 3.05) is 0 Å². The molecule has 106 valence electrons. The molecule has 2 aromatic carbocycles. The molecule has 2 N–H and O–H groups in total. The molecule has 0 spiro atoms. The maximum absolute atomic E-state index is 9.28. The third-order valence-electron chi connectivity index (χ3n) is 3.36. The third-order valence-corrected chi connectivity index (χ3v) is 3.60. The number of aromatic hydroxyl groups is 1. The molecule has 2 rings (SSSR count). The van der Waals surface area contributed by atoms with Crippen LogP contribution in [0.5, 0.6) is 5.75 Å². The Kier molecular flexibility index (Phi) is 5.05. The van der Waals surface area contributed by atoms with E-state index in [-0.39, 0.29) is 6.04 Å². The first-order valence-corrected chi connectivity index (χ1v) is 7.22. The van der Waals surface area contributed by atoms with Crippen molar-refractivity contribution in [3.63, 3.8) is 0 Å². The summed E-state index contributed by atoms with van der Waals surface area (Å²) in [5, 5.41) is 13.6. The average molecular weight is 290 g/mol. The highest BCUT2D eigenvalue weighted by Crippen LogP contribution is 2.18. The van der Waals surface area contributed by atoms with E-state index in [2.05, 4.69) is 25.2 Å². The Hall–Kier alpha value is -1.51. The van der Waals surface area contributed by atoms with Crippen LogP contribution in [0.25, 0.3) is 0 Å². The lowest BCUT2D eigenvalue weighted by molar-refractivity contribution is 0.470. The number of rotatable bonds is 5. The number of halogens is 1. The van der Waals surface area contributed by atoms with Gasteiger partial charge in [0.15, 0.2) is 0 Å². The van der Waals surface area contributed by atoms with Crippen LogP contribution >= 0.6 is 11.6 Å². The number of hydrogen-bond donors (Lipinski definition) is 2. The number of hydrogen-bond acceptors (Lipinski definition) is 2. The predicted molar refractivity (Wildman–Crippen MR) is 84.3 cm³/mol. The van der Waals surface area contributed by atoms with Crippen LogP contribution in [0.2, 0.25) is 5.02 Å². The van der Waals surface area contributed by atoms with E-state index in [1.54, 1.807) is 12.1 Å². The van der Waals surface area contributed by atoms with Crippen LogP contribution in [0.1, 0.15) is 31.0 Å². The molecule has 2 aromatic rings. The third kappa shape index (κ3) is 4.26. The highest BCUT2D eigenvalue weighted by molar-refractivity contribution is 6.30. The van der Waals surface area contributed by atoms with Gasteiger partial charge < -0.3 is 10.4 Å². The molecule has 0 fully saturated rings. The molecule has 20 heavy (non-hydrogen) atoms. The lowest BCUT2D eigenvalue weighted by Gasteiger charge is -2.20. The van der Waals surface area contributed by atoms with Crippen LogP contribution in [0, 0.1) is 0 Å². The molecule has 0 radical (unpaired) electrons. The monoisotopic (exact) mass is 289 g/mol. The van der Waals surface area contributed by atoms with E-state index in [1.807, 2.05) is 30.3 Å². The highest BCUT2D eigenvalue weighted by Gasteiger charge is 2.10. The summed E-state index contributed by atoms with van der Waals surface area (Å²) in [5.74, 6) is 0.307. The topological polar surface area (TPSA) is 32.3 Å². The first-order valence-electron chi connectivity index (χ1n) is 6.84. The molecule has 0 saturated heterocycles. The van der Waals surface area contributed by atoms with Gasteiger partial charge in [-0.3, -0.25) is 0 Å². The Labute approximate surface area is 125 Å². The molecular weight excluding hydrogens is 270 g/mol. The summed E-state index contributed by atoms with van der Waals surface area (Å²) in [4.78, 5) is 0. The molecule has 3 heteroatoms. The SMILES string of the molecule is CC(Cc1ccc(O)cc1)NC(C)c1cccc(Cl)c1. The summed E-state index contributed by atoms with van der Waals surface area (Å²) < 4.78 is 0. The maximum Gasteiger partial charge on any atom is 0.115 e. The van der Waals surface area contributed by atoms with E-state index in [4.69, 9.17) is 11.6 Å². The lowest BCUT2D eigenvalue weighted by Crippen LogP contribution is -2.30. The Morgan fingerprint density at radius 1 is 1.10 bits per heavy atom. The van der Waals surface area contributed by atoms with Gasteiger partial charge in [0.1, 0.15) is 5.75 Å². The smallest absolute Gasteiger partial charge is 0.115 e. The van der Waals surface area contributed by atoms with Crippen LogP contribution in [-0.4, -0.2) is 11.1 Å². The fourth-order valence-corrected chi connectivity index (χ4v) is 2.54. The van der Waals surface area contributed by atoms with E-state index in [0.29, 0.717) is 11.8 Å². The van der Waals surface area contributed by atoms with Gasteiger partial charge in [-0.1, -0.05) is 35.9 Å². The number of nitrogens with one attached hydrogen (secondary N) is 1. The molecule has 2 atom stereocenters. The maximum atomic E-state index is 9.28. The van der Waals surface area contributed by atoms with Crippen LogP contribution < -0.4 is 5.32 Å². The van der Waals surface area contributed by atoms with E-state index in [1.165, 1.54) is 11.1 Å². The van der Waals surface area contributed by atoms with E-state index < -0.39 is 0 Å². The van der Waals surface area contributed by atoms with Crippen LogP contribution in [0.4, 0.5) is 0 Å². The van der Waals surface area contributed by atoms with Crippen molar-refractivity contribution >= 4 is 11.6 Å². The summed E-state index contributed by atoms with van der Waals surface area (Å²) in [5.41, 5.74) is 2.40. The zero-order chi connectivity index (χ0) is 14.5. The molecule has 0 aromatic heterocycles. The van der Waals surface area contributed by atoms with Gasteiger partial charge in [0.05, 0.1) is 0 Å². The summed E-state index contributed by atoms with van der Waals surface area (Å²) >= 11 is 6.02. The Balaban J connectivity index is 1.93. The molecule has 0 bridgehead atoms. The summed E-state index contributed by atoms with van der Waals surface area (Å²) in [6.07, 6.45) is 0.922. The largest absolute Gasteiger partial charge is 0.508 e. The second-order valence-corrected chi connectivity index (χ2v) is 5.65. The molecule has 2 unspecified atom stereocenters. The standard InChI is InChI=1S/C17H20ClNO/c1-12(10-14-6-8-17(20)9-7-14)19-13(2)15-4-3-5-16(18)11-15/h3-9,11-13,19-20H,10H2,1-2H3. The van der Waals surface area contributed by atoms with Gasteiger partial charge >= 0.3 is 0 Å². The van der Waals surface area contributed by atoms with E-state index in [9.17, 15) is 5.11 Å². The van der Waals surface area contributed by atoms with Crippen molar-refractivity contribution in [3.8, 4) is 5.75 Å². The average Bonchev–Trinajstić information content (AvgIpc) is 2.41. The molecule has 2 nitrogen and oxygen atoms in total. The van der Waals surface area contributed by atoms with Crippen LogP contribution in [-0.2, 0) is 6.42 Å². The summed E-state index contributed by atoms with van der Waals surface area (Å²) in [6, 6.07) is 15.9. The second-order valence-electron chi connectivity index (χ2n) is 5.21. The lowest BCUT2D eigenvalue weighted by atomic mass is 10.0. The Morgan fingerprint density at radius 3 is 2.45 bits per heavy atom. The molecule has 0 amide bonds. The Morgan fingerprint density at radius 2 is 1.80 bits per heavy atom. The van der Waals surface area contributed by atoms with Gasteiger partial charge in [0.2, 0.25) is 0 Å². The molecule has 0 heterocycles. The first-order chi connectivity index (χ1) is 9.54. The summed E-state index contributed by atoms with van der Waals surface area (Å²) in [6.45, 7) is 4.30. The van der Waals surface area contributed by atoms with Crippen molar-refractivity contribution in [2.24, 2.45) is 0 Å². The fourth-order valence-electron chi connectivity index (χ4n) is 2.34. The predicted octanol–water partition coefficient (Wildman–Crippen LogP) is 4.33. The highest BCUT2D eigenvalue weighted by atomic mass is 35.5. The van der Waals surface area contributed by atoms with Crippen LogP contribution in [0.15, 0.2) is 48.5 Å². The minimum atomic E-state index is 0.251. The van der Waals surface area contributed by atoms with Crippen LogP contribution in [0.3, 0.4) is 0 Å². The Bertz CT molecular complexity index is 553. The number of benzene rings is 2. The van der Waals surface area contributed by atoms with E-state index in [0.717, 1.165) is 11.4 Å². The molecular formula is C17H20ClNO. The first kappa shape index (κ1) is 14.9. The van der Waals surface area contributed by atoms with Gasteiger partial charge in [-0.2, -0.15) is 0 Å². The minimum absolute atomic E-state index is 0.251. The molecule has 0 aliphatic heterocycles. The normalized spacial score (nSPS) is 13.9. The number of phenolic OH excluding ortho intramolecular Hbond substituents is 1. The van der Waals surface area contributed by atoms with Crippen molar-refractivity contribution in [1.82, 2.24) is 5.32 Å². The fraction of sp³-hybridized carbons (Fsp3) is 0.294. The second kappa shape index (κ2) is 6.78. The zero-order valence-corrected chi connectivity index (χ0v) is 12.6. The van der Waals surface area contributed by atoms with Gasteiger partial charge in [0, 0.05) is 17.1 Å². The van der Waals surface area contributed by atoms with E-state index >= 15 is 0 Å². The van der Waals surface area contributed by atoms with Gasteiger partial charge in [0.25, 0.3) is 0 Å². The number of phenols is 1. The molecule has 0 aliphatic rings. The quantitative estimate of drug-likeness (QED) is 0.859. The molecule has 0 aliphatic carbocycles. The zero-order valence-electron chi connectivity index (χ0n) is 11.8. The van der Waals surface area contributed by atoms with Crippen molar-refractivity contribution in [2.45, 2.75) is 32.4 Å². The van der Waals surface area contributed by atoms with Crippen molar-refractivity contribution in [3.05, 3.63) is 64.7 Å². The summed E-state index contributed by atoms with van der Waals surface area (Å²) in [7, 11) is 0. The van der Waals surface area contributed by atoms with Gasteiger partial charge in [-0.05, 0) is 55.7 Å². The molecule has 0 saturated carbocycles. The van der Waals surface area contributed by atoms with Gasteiger partial charge in [-0.15, -0.1) is 0 Å². The van der Waals surface area contributed by atoms with Gasteiger partial charge in [-0.25, -0.2) is 0 Å². The van der Waals surface area contributed by atoms with Crippen molar-refractivity contribution < 1.29 is 5.11 Å².